The van der Waals surface area contributed by atoms with Crippen molar-refractivity contribution in [2.45, 2.75) is 19.4 Å². The van der Waals surface area contributed by atoms with Crippen LogP contribution in [0.3, 0.4) is 0 Å². The lowest BCUT2D eigenvalue weighted by Crippen LogP contribution is -2.27. The van der Waals surface area contributed by atoms with Crippen molar-refractivity contribution < 1.29 is 23.1 Å². The lowest BCUT2D eigenvalue weighted by Gasteiger charge is -2.04. The van der Waals surface area contributed by atoms with E-state index in [1.807, 2.05) is 5.38 Å². The molecule has 0 aromatic carbocycles. The predicted octanol–water partition coefficient (Wildman–Crippen LogP) is 0.464. The second-order valence-corrected chi connectivity index (χ2v) is 6.97. The zero-order valence-corrected chi connectivity index (χ0v) is 13.2. The van der Waals surface area contributed by atoms with E-state index in [2.05, 4.69) is 21.3 Å². The molecule has 0 aliphatic heterocycles. The first-order chi connectivity index (χ1) is 9.96. The molecule has 0 bridgehead atoms. The molecule has 0 radical (unpaired) electrons. The standard InChI is InChI=1S/C13H17NO5S2/c1-19-13(16)5-7-21(17,18)14-9-12-8-11(10-20-12)4-2-3-6-15/h8,10,14-15H,3,5-7,9H2,1H3. The highest BCUT2D eigenvalue weighted by Gasteiger charge is 2.13. The quantitative estimate of drug-likeness (QED) is 0.559. The number of esters is 1. The molecule has 8 heteroatoms. The number of hydrogen-bond donors (Lipinski definition) is 2. The summed E-state index contributed by atoms with van der Waals surface area (Å²) >= 11 is 1.39. The molecule has 0 aliphatic carbocycles. The second-order valence-electron chi connectivity index (χ2n) is 4.04. The van der Waals surface area contributed by atoms with Gasteiger partial charge in [-0.1, -0.05) is 11.8 Å². The summed E-state index contributed by atoms with van der Waals surface area (Å²) in [7, 11) is -2.29. The Morgan fingerprint density at radius 1 is 1.52 bits per heavy atom. The van der Waals surface area contributed by atoms with Gasteiger partial charge in [-0.2, -0.15) is 0 Å². The first kappa shape index (κ1) is 17.7. The molecule has 0 saturated heterocycles. The fraction of sp³-hybridized carbons (Fsp3) is 0.462. The normalized spacial score (nSPS) is 10.8. The van der Waals surface area contributed by atoms with Crippen LogP contribution in [0.25, 0.3) is 0 Å². The number of nitrogens with one attached hydrogen (secondary N) is 1. The van der Waals surface area contributed by atoms with Crippen LogP contribution in [0.2, 0.25) is 0 Å². The van der Waals surface area contributed by atoms with E-state index in [4.69, 9.17) is 5.11 Å². The molecule has 1 rings (SSSR count). The Kier molecular flexibility index (Phi) is 7.39. The van der Waals surface area contributed by atoms with E-state index in [1.165, 1.54) is 18.4 Å². The van der Waals surface area contributed by atoms with Crippen LogP contribution in [0.5, 0.6) is 0 Å². The van der Waals surface area contributed by atoms with Gasteiger partial charge in [0.25, 0.3) is 0 Å². The van der Waals surface area contributed by atoms with Crippen molar-refractivity contribution in [3.63, 3.8) is 0 Å². The van der Waals surface area contributed by atoms with Crippen molar-refractivity contribution in [3.8, 4) is 11.8 Å². The van der Waals surface area contributed by atoms with Crippen LogP contribution in [-0.4, -0.2) is 39.0 Å². The molecule has 0 aliphatic rings. The molecule has 0 fully saturated rings. The molecule has 1 heterocycles. The summed E-state index contributed by atoms with van der Waals surface area (Å²) in [6.07, 6.45) is 0.236. The third-order valence-corrected chi connectivity index (χ3v) is 4.65. The lowest BCUT2D eigenvalue weighted by molar-refractivity contribution is -0.140. The number of sulfonamides is 1. The molecule has 0 saturated carbocycles. The highest BCUT2D eigenvalue weighted by molar-refractivity contribution is 7.89. The molecular weight excluding hydrogens is 314 g/mol. The molecule has 0 atom stereocenters. The van der Waals surface area contributed by atoms with Gasteiger partial charge in [0, 0.05) is 28.8 Å². The summed E-state index contributed by atoms with van der Waals surface area (Å²) in [6.45, 7) is 0.180. The molecule has 2 N–H and O–H groups in total. The van der Waals surface area contributed by atoms with Crippen LogP contribution in [0.15, 0.2) is 11.4 Å². The van der Waals surface area contributed by atoms with Crippen LogP contribution in [0.4, 0.5) is 0 Å². The molecule has 21 heavy (non-hydrogen) atoms. The molecule has 1 aromatic heterocycles. The van der Waals surface area contributed by atoms with Crippen LogP contribution < -0.4 is 4.72 Å². The number of rotatable bonds is 7. The maximum Gasteiger partial charge on any atom is 0.306 e. The molecule has 116 valence electrons. The van der Waals surface area contributed by atoms with Crippen molar-refractivity contribution in [1.29, 1.82) is 0 Å². The number of aliphatic hydroxyl groups excluding tert-OH is 1. The minimum atomic E-state index is -3.51. The fourth-order valence-electron chi connectivity index (χ4n) is 1.33. The monoisotopic (exact) mass is 331 g/mol. The van der Waals surface area contributed by atoms with Crippen molar-refractivity contribution in [2.75, 3.05) is 19.5 Å². The van der Waals surface area contributed by atoms with Gasteiger partial charge in [-0.15, -0.1) is 11.3 Å². The molecule has 6 nitrogen and oxygen atoms in total. The minimum Gasteiger partial charge on any atom is -0.469 e. The zero-order chi connectivity index (χ0) is 15.7. The number of thiophene rings is 1. The van der Waals surface area contributed by atoms with Gasteiger partial charge in [-0.3, -0.25) is 4.79 Å². The fourth-order valence-corrected chi connectivity index (χ4v) is 3.13. The highest BCUT2D eigenvalue weighted by atomic mass is 32.2. The highest BCUT2D eigenvalue weighted by Crippen LogP contribution is 2.14. The first-order valence-corrected chi connectivity index (χ1v) is 8.71. The SMILES string of the molecule is COC(=O)CCS(=O)(=O)NCc1cc(C#CCCO)cs1. The Morgan fingerprint density at radius 2 is 2.29 bits per heavy atom. The van der Waals surface area contributed by atoms with E-state index < -0.39 is 16.0 Å². The van der Waals surface area contributed by atoms with Crippen LogP contribution in [-0.2, 0) is 26.1 Å². The lowest BCUT2D eigenvalue weighted by atomic mass is 10.3. The van der Waals surface area contributed by atoms with E-state index in [9.17, 15) is 13.2 Å². The average molecular weight is 331 g/mol. The third kappa shape index (κ3) is 7.24. The summed E-state index contributed by atoms with van der Waals surface area (Å²) in [5.74, 6) is 4.81. The van der Waals surface area contributed by atoms with Crippen molar-refractivity contribution in [3.05, 3.63) is 21.9 Å². The Hall–Kier alpha value is -1.40. The summed E-state index contributed by atoms with van der Waals surface area (Å²) in [6, 6.07) is 1.79. The van der Waals surface area contributed by atoms with Gasteiger partial charge in [0.15, 0.2) is 0 Å². The van der Waals surface area contributed by atoms with Crippen LogP contribution in [0, 0.1) is 11.8 Å². The number of carbonyl (C=O) groups excluding carboxylic acids is 1. The summed E-state index contributed by atoms with van der Waals surface area (Å²) in [5.41, 5.74) is 0.789. The predicted molar refractivity (Wildman–Crippen MR) is 80.2 cm³/mol. The van der Waals surface area contributed by atoms with Gasteiger partial charge in [-0.25, -0.2) is 13.1 Å². The number of carbonyl (C=O) groups is 1. The molecule has 0 spiro atoms. The van der Waals surface area contributed by atoms with E-state index in [-0.39, 0.29) is 25.3 Å². The average Bonchev–Trinajstić information content (AvgIpc) is 2.91. The van der Waals surface area contributed by atoms with Crippen molar-refractivity contribution >= 4 is 27.3 Å². The van der Waals surface area contributed by atoms with Gasteiger partial charge < -0.3 is 9.84 Å². The summed E-state index contributed by atoms with van der Waals surface area (Å²) in [4.78, 5) is 11.7. The smallest absolute Gasteiger partial charge is 0.306 e. The Morgan fingerprint density at radius 3 is 2.95 bits per heavy atom. The van der Waals surface area contributed by atoms with Gasteiger partial charge in [0.2, 0.25) is 10.0 Å². The van der Waals surface area contributed by atoms with Crippen molar-refractivity contribution in [2.24, 2.45) is 0 Å². The Labute approximate surface area is 128 Å². The van der Waals surface area contributed by atoms with Crippen LogP contribution in [0.1, 0.15) is 23.3 Å². The van der Waals surface area contributed by atoms with Gasteiger partial charge in [-0.05, 0) is 6.07 Å². The molecule has 0 unspecified atom stereocenters. The Bertz CT molecular complexity index is 624. The molecular formula is C13H17NO5S2. The maximum absolute atomic E-state index is 11.7. The van der Waals surface area contributed by atoms with Crippen LogP contribution >= 0.6 is 11.3 Å². The van der Waals surface area contributed by atoms with E-state index in [0.29, 0.717) is 6.42 Å². The first-order valence-electron chi connectivity index (χ1n) is 6.18. The minimum absolute atomic E-state index is 0.0178. The molecule has 0 amide bonds. The largest absolute Gasteiger partial charge is 0.469 e. The number of hydrogen-bond acceptors (Lipinski definition) is 6. The topological polar surface area (TPSA) is 92.7 Å². The Balaban J connectivity index is 2.48. The summed E-state index contributed by atoms with van der Waals surface area (Å²) < 4.78 is 30.2. The van der Waals surface area contributed by atoms with E-state index >= 15 is 0 Å². The number of aliphatic hydroxyl groups is 1. The summed E-state index contributed by atoms with van der Waals surface area (Å²) in [5, 5.41) is 10.4. The van der Waals surface area contributed by atoms with Gasteiger partial charge in [0.05, 0.1) is 25.9 Å². The number of methoxy groups -OCH3 is 1. The maximum atomic E-state index is 11.7. The van der Waals surface area contributed by atoms with Gasteiger partial charge >= 0.3 is 5.97 Å². The second kappa shape index (κ2) is 8.79. The zero-order valence-electron chi connectivity index (χ0n) is 11.6. The van der Waals surface area contributed by atoms with Gasteiger partial charge in [0.1, 0.15) is 0 Å². The van der Waals surface area contributed by atoms with Crippen molar-refractivity contribution in [1.82, 2.24) is 4.72 Å². The number of ether oxygens (including phenoxy) is 1. The molecule has 1 aromatic rings. The third-order valence-electron chi connectivity index (χ3n) is 2.39. The van der Waals surface area contributed by atoms with E-state index in [0.717, 1.165) is 10.4 Å². The van der Waals surface area contributed by atoms with E-state index in [1.54, 1.807) is 6.07 Å².